The van der Waals surface area contributed by atoms with Crippen LogP contribution < -0.4 is 10.6 Å². The van der Waals surface area contributed by atoms with E-state index in [9.17, 15) is 4.79 Å². The van der Waals surface area contributed by atoms with Gasteiger partial charge in [-0.15, -0.1) is 24.0 Å². The summed E-state index contributed by atoms with van der Waals surface area (Å²) in [6.45, 7) is 6.82. The van der Waals surface area contributed by atoms with E-state index in [0.717, 1.165) is 43.4 Å². The Balaban J connectivity index is 0.00000280. The molecule has 2 N–H and O–H groups in total. The summed E-state index contributed by atoms with van der Waals surface area (Å²) in [6.07, 6.45) is 8.60. The average Bonchev–Trinajstić information content (AvgIpc) is 3.38. The minimum atomic E-state index is 0. The first-order chi connectivity index (χ1) is 13.2. The second kappa shape index (κ2) is 11.0. The number of rotatable bonds is 6. The molecule has 8 nitrogen and oxygen atoms in total. The summed E-state index contributed by atoms with van der Waals surface area (Å²) in [5, 5.41) is 6.74. The number of imidazole rings is 1. The summed E-state index contributed by atoms with van der Waals surface area (Å²) >= 11 is 0. The lowest BCUT2D eigenvalue weighted by molar-refractivity contribution is -0.129. The van der Waals surface area contributed by atoms with Gasteiger partial charge in [-0.05, 0) is 31.0 Å². The first-order valence-corrected chi connectivity index (χ1v) is 9.45. The van der Waals surface area contributed by atoms with E-state index in [1.165, 1.54) is 0 Å². The van der Waals surface area contributed by atoms with Crippen LogP contribution in [-0.2, 0) is 11.3 Å². The molecule has 1 atom stereocenters. The molecule has 0 saturated carbocycles. The molecular formula is C19H28IN7O. The van der Waals surface area contributed by atoms with E-state index in [4.69, 9.17) is 4.99 Å². The molecule has 1 unspecified atom stereocenters. The Morgan fingerprint density at radius 3 is 2.93 bits per heavy atom. The van der Waals surface area contributed by atoms with E-state index in [1.54, 1.807) is 18.7 Å². The van der Waals surface area contributed by atoms with Crippen molar-refractivity contribution in [3.05, 3.63) is 42.6 Å². The lowest BCUT2D eigenvalue weighted by Gasteiger charge is -2.18. The van der Waals surface area contributed by atoms with Crippen LogP contribution >= 0.6 is 24.0 Å². The molecule has 0 bridgehead atoms. The largest absolute Gasteiger partial charge is 0.357 e. The Labute approximate surface area is 182 Å². The molecule has 28 heavy (non-hydrogen) atoms. The number of guanidine groups is 1. The number of nitrogens with one attached hydrogen (secondary N) is 2. The minimum absolute atomic E-state index is 0. The molecule has 1 aliphatic rings. The van der Waals surface area contributed by atoms with Gasteiger partial charge in [0.05, 0.1) is 6.54 Å². The summed E-state index contributed by atoms with van der Waals surface area (Å²) in [7, 11) is 0. The van der Waals surface area contributed by atoms with Gasteiger partial charge in [0.1, 0.15) is 12.1 Å². The van der Waals surface area contributed by atoms with Gasteiger partial charge in [-0.3, -0.25) is 9.36 Å². The highest BCUT2D eigenvalue weighted by atomic mass is 127. The van der Waals surface area contributed by atoms with Crippen LogP contribution in [0.1, 0.15) is 32.3 Å². The number of aromatic nitrogens is 3. The van der Waals surface area contributed by atoms with Gasteiger partial charge < -0.3 is 15.5 Å². The minimum Gasteiger partial charge on any atom is -0.357 e. The normalized spacial score (nSPS) is 16.6. The maximum Gasteiger partial charge on any atom is 0.222 e. The predicted octanol–water partition coefficient (Wildman–Crippen LogP) is 1.95. The predicted molar refractivity (Wildman–Crippen MR) is 120 cm³/mol. The van der Waals surface area contributed by atoms with Crippen LogP contribution in [0.2, 0.25) is 0 Å². The van der Waals surface area contributed by atoms with Crippen molar-refractivity contribution in [3.63, 3.8) is 0 Å². The van der Waals surface area contributed by atoms with E-state index in [-0.39, 0.29) is 35.9 Å². The number of amides is 1. The molecule has 152 valence electrons. The molecule has 0 aliphatic carbocycles. The van der Waals surface area contributed by atoms with Crippen molar-refractivity contribution in [1.29, 1.82) is 0 Å². The van der Waals surface area contributed by atoms with Crippen molar-refractivity contribution < 1.29 is 4.79 Å². The first-order valence-electron chi connectivity index (χ1n) is 9.45. The molecule has 0 radical (unpaired) electrons. The van der Waals surface area contributed by atoms with E-state index in [1.807, 2.05) is 41.6 Å². The molecule has 3 rings (SSSR count). The number of halogens is 1. The van der Waals surface area contributed by atoms with Crippen molar-refractivity contribution in [3.8, 4) is 5.82 Å². The third-order valence-electron chi connectivity index (χ3n) is 4.53. The summed E-state index contributed by atoms with van der Waals surface area (Å²) in [4.78, 5) is 26.9. The zero-order valence-corrected chi connectivity index (χ0v) is 18.7. The van der Waals surface area contributed by atoms with Crippen molar-refractivity contribution in [2.24, 2.45) is 4.99 Å². The number of hydrogen-bond donors (Lipinski definition) is 2. The maximum atomic E-state index is 11.9. The van der Waals surface area contributed by atoms with Crippen molar-refractivity contribution in [2.45, 2.75) is 39.3 Å². The molecule has 3 heterocycles. The first kappa shape index (κ1) is 22.1. The van der Waals surface area contributed by atoms with Gasteiger partial charge in [-0.1, -0.05) is 6.92 Å². The van der Waals surface area contributed by atoms with E-state index in [0.29, 0.717) is 13.0 Å². The fourth-order valence-corrected chi connectivity index (χ4v) is 3.11. The van der Waals surface area contributed by atoms with Gasteiger partial charge in [0.15, 0.2) is 5.96 Å². The lowest BCUT2D eigenvalue weighted by atomic mass is 10.2. The topological polar surface area (TPSA) is 87.4 Å². The van der Waals surface area contributed by atoms with Crippen LogP contribution in [0.3, 0.4) is 0 Å². The van der Waals surface area contributed by atoms with Gasteiger partial charge in [0, 0.05) is 50.7 Å². The lowest BCUT2D eigenvalue weighted by Crippen LogP contribution is -2.45. The summed E-state index contributed by atoms with van der Waals surface area (Å²) in [6, 6.07) is 4.20. The number of hydrogen-bond acceptors (Lipinski definition) is 4. The molecule has 0 spiro atoms. The van der Waals surface area contributed by atoms with Gasteiger partial charge in [0.25, 0.3) is 0 Å². The molecule has 0 aromatic carbocycles. The Bertz CT molecular complexity index is 778. The van der Waals surface area contributed by atoms with Crippen LogP contribution in [0.25, 0.3) is 5.82 Å². The quantitative estimate of drug-likeness (QED) is 0.362. The summed E-state index contributed by atoms with van der Waals surface area (Å²) in [5.41, 5.74) is 1.07. The second-order valence-corrected chi connectivity index (χ2v) is 6.51. The monoisotopic (exact) mass is 497 g/mol. The van der Waals surface area contributed by atoms with Crippen molar-refractivity contribution in [2.75, 3.05) is 19.6 Å². The third kappa shape index (κ3) is 5.91. The van der Waals surface area contributed by atoms with Crippen LogP contribution in [0.5, 0.6) is 0 Å². The number of pyridine rings is 1. The molecule has 2 aromatic heterocycles. The summed E-state index contributed by atoms with van der Waals surface area (Å²) < 4.78 is 1.87. The number of aliphatic imine (C=N–C) groups is 1. The fraction of sp³-hybridized carbons (Fsp3) is 0.474. The maximum absolute atomic E-state index is 11.9. The SMILES string of the molecule is CCNC(=NCc1ccnc(-n2ccnc2)c1)NC1CCN(C(=O)CC)C1.I. The van der Waals surface area contributed by atoms with Crippen LogP contribution in [0, 0.1) is 0 Å². The molecule has 9 heteroatoms. The highest BCUT2D eigenvalue weighted by Crippen LogP contribution is 2.11. The molecule has 1 aliphatic heterocycles. The number of carbonyl (C=O) groups excluding carboxylic acids is 1. The van der Waals surface area contributed by atoms with E-state index < -0.39 is 0 Å². The van der Waals surface area contributed by atoms with Crippen LogP contribution in [0.4, 0.5) is 0 Å². The Hall–Kier alpha value is -2.17. The molecule has 2 aromatic rings. The van der Waals surface area contributed by atoms with Crippen LogP contribution in [0.15, 0.2) is 42.0 Å². The number of likely N-dealkylation sites (tertiary alicyclic amines) is 1. The number of nitrogens with zero attached hydrogens (tertiary/aromatic N) is 5. The molecule has 1 amide bonds. The van der Waals surface area contributed by atoms with Gasteiger partial charge in [-0.2, -0.15) is 0 Å². The van der Waals surface area contributed by atoms with Crippen LogP contribution in [-0.4, -0.2) is 57.0 Å². The molecule has 1 saturated heterocycles. The highest BCUT2D eigenvalue weighted by molar-refractivity contribution is 14.0. The Morgan fingerprint density at radius 1 is 1.36 bits per heavy atom. The smallest absolute Gasteiger partial charge is 0.222 e. The average molecular weight is 497 g/mol. The Kier molecular flexibility index (Phi) is 8.68. The third-order valence-corrected chi connectivity index (χ3v) is 4.53. The molecular weight excluding hydrogens is 469 g/mol. The molecule has 1 fully saturated rings. The summed E-state index contributed by atoms with van der Waals surface area (Å²) in [5.74, 6) is 1.81. The van der Waals surface area contributed by atoms with Gasteiger partial charge >= 0.3 is 0 Å². The standard InChI is InChI=1S/C19H27N7O.HI/c1-3-18(27)25-9-6-16(13-25)24-19(21-4-2)23-12-15-5-7-22-17(11-15)26-10-8-20-14-26;/h5,7-8,10-11,14,16H,3-4,6,9,12-13H2,1-2H3,(H2,21,23,24);1H. The zero-order chi connectivity index (χ0) is 19.1. The zero-order valence-electron chi connectivity index (χ0n) is 16.3. The van der Waals surface area contributed by atoms with Gasteiger partial charge in [-0.25, -0.2) is 15.0 Å². The van der Waals surface area contributed by atoms with E-state index >= 15 is 0 Å². The fourth-order valence-electron chi connectivity index (χ4n) is 3.11. The highest BCUT2D eigenvalue weighted by Gasteiger charge is 2.25. The van der Waals surface area contributed by atoms with E-state index in [2.05, 4.69) is 20.6 Å². The Morgan fingerprint density at radius 2 is 2.21 bits per heavy atom. The second-order valence-electron chi connectivity index (χ2n) is 6.51. The van der Waals surface area contributed by atoms with Crippen molar-refractivity contribution >= 4 is 35.8 Å². The number of carbonyl (C=O) groups is 1. The van der Waals surface area contributed by atoms with Gasteiger partial charge in [0.2, 0.25) is 5.91 Å². The van der Waals surface area contributed by atoms with Crippen molar-refractivity contribution in [1.82, 2.24) is 30.1 Å².